The molecule has 3 aromatic rings. The van der Waals surface area contributed by atoms with Crippen LogP contribution in [0, 0.1) is 18.3 Å². The summed E-state index contributed by atoms with van der Waals surface area (Å²) in [6.45, 7) is 1.86. The molecule has 10 heteroatoms. The number of H-pyrrole nitrogens is 1. The molecule has 0 aromatic carbocycles. The Morgan fingerprint density at radius 2 is 2.28 bits per heavy atom. The summed E-state index contributed by atoms with van der Waals surface area (Å²) in [5.74, 6) is -0.0152. The van der Waals surface area contributed by atoms with Crippen molar-refractivity contribution in [3.63, 3.8) is 0 Å². The number of aromatic nitrogens is 5. The number of esters is 1. The van der Waals surface area contributed by atoms with Crippen LogP contribution in [0.4, 0.5) is 0 Å². The van der Waals surface area contributed by atoms with Crippen LogP contribution in [0.2, 0.25) is 0 Å². The van der Waals surface area contributed by atoms with Crippen molar-refractivity contribution in [3.8, 4) is 6.07 Å². The Hall–Kier alpha value is -3.19. The molecule has 1 N–H and O–H groups in total. The van der Waals surface area contributed by atoms with E-state index in [0.717, 1.165) is 15.6 Å². The number of thioether (sulfide) groups is 1. The molecule has 0 saturated carbocycles. The Balaban J connectivity index is 1.84. The zero-order chi connectivity index (χ0) is 18.0. The van der Waals surface area contributed by atoms with Crippen molar-refractivity contribution in [1.82, 2.24) is 24.6 Å². The lowest BCUT2D eigenvalue weighted by atomic mass is 10.1. The number of fused-ring (bicyclic) bond motifs is 1. The maximum atomic E-state index is 12.0. The molecule has 0 fully saturated rings. The van der Waals surface area contributed by atoms with E-state index in [4.69, 9.17) is 5.26 Å². The minimum absolute atomic E-state index is 0.213. The van der Waals surface area contributed by atoms with Crippen LogP contribution in [0.15, 0.2) is 28.4 Å². The highest BCUT2D eigenvalue weighted by Gasteiger charge is 2.12. The van der Waals surface area contributed by atoms with Crippen LogP contribution < -0.4 is 5.69 Å². The number of nitrogens with zero attached hydrogens (tertiary/aromatic N) is 5. The summed E-state index contributed by atoms with van der Waals surface area (Å²) in [6.07, 6.45) is 2.89. The van der Waals surface area contributed by atoms with Gasteiger partial charge < -0.3 is 4.74 Å². The second kappa shape index (κ2) is 6.74. The van der Waals surface area contributed by atoms with Crippen molar-refractivity contribution in [1.29, 1.82) is 5.26 Å². The monoisotopic (exact) mass is 356 g/mol. The summed E-state index contributed by atoms with van der Waals surface area (Å²) >= 11 is 1.29. The second-order valence-corrected chi connectivity index (χ2v) is 5.99. The molecule has 0 unspecified atom stereocenters. The molecule has 0 bridgehead atoms. The number of rotatable bonds is 4. The van der Waals surface area contributed by atoms with Gasteiger partial charge in [-0.25, -0.2) is 19.6 Å². The third-order valence-corrected chi connectivity index (χ3v) is 4.38. The zero-order valence-electron chi connectivity index (χ0n) is 13.3. The average Bonchev–Trinajstić information content (AvgIpc) is 3.03. The van der Waals surface area contributed by atoms with Gasteiger partial charge in [0.2, 0.25) is 0 Å². The number of hydrogen-bond donors (Lipinski definition) is 1. The smallest absolute Gasteiger partial charge is 0.356 e. The van der Waals surface area contributed by atoms with E-state index in [9.17, 15) is 9.59 Å². The first-order chi connectivity index (χ1) is 12.0. The third kappa shape index (κ3) is 3.22. The van der Waals surface area contributed by atoms with E-state index in [1.54, 1.807) is 12.3 Å². The molecule has 126 valence electrons. The van der Waals surface area contributed by atoms with Crippen molar-refractivity contribution < 1.29 is 9.53 Å². The van der Waals surface area contributed by atoms with E-state index < -0.39 is 11.7 Å². The number of nitrogens with one attached hydrogen (secondary N) is 1. The number of aromatic amines is 1. The molecule has 0 radical (unpaired) electrons. The van der Waals surface area contributed by atoms with Crippen LogP contribution in [0.5, 0.6) is 0 Å². The van der Waals surface area contributed by atoms with Gasteiger partial charge in [-0.05, 0) is 24.1 Å². The third-order valence-electron chi connectivity index (χ3n) is 3.46. The Morgan fingerprint density at radius 1 is 1.48 bits per heavy atom. The number of carbonyl (C=O) groups is 1. The minimum atomic E-state index is -0.497. The normalized spacial score (nSPS) is 10.6. The number of carbonyl (C=O) groups excluding carboxylic acids is 1. The topological polar surface area (TPSA) is 126 Å². The molecule has 0 saturated heterocycles. The fraction of sp³-hybridized carbons (Fsp3) is 0.200. The summed E-state index contributed by atoms with van der Waals surface area (Å²) in [6, 6.07) is 3.59. The molecule has 0 aliphatic carbocycles. The SMILES string of the molecule is COC(=O)c1cc(C)c(CSc2nc3c(C#N)cnn3c(=O)[nH]2)cn1. The molecule has 0 aliphatic rings. The molecule has 0 amide bonds. The fourth-order valence-electron chi connectivity index (χ4n) is 2.11. The van der Waals surface area contributed by atoms with Gasteiger partial charge in [-0.1, -0.05) is 11.8 Å². The van der Waals surface area contributed by atoms with Crippen molar-refractivity contribution >= 4 is 23.4 Å². The predicted octanol–water partition coefficient (Wildman–Crippen LogP) is 1.07. The summed E-state index contributed by atoms with van der Waals surface area (Å²) in [4.78, 5) is 34.4. The Kier molecular flexibility index (Phi) is 4.49. The number of nitriles is 1. The molecular weight excluding hydrogens is 344 g/mol. The molecule has 0 aliphatic heterocycles. The van der Waals surface area contributed by atoms with Gasteiger partial charge in [-0.3, -0.25) is 4.98 Å². The van der Waals surface area contributed by atoms with Gasteiger partial charge in [0.25, 0.3) is 0 Å². The van der Waals surface area contributed by atoms with E-state index in [0.29, 0.717) is 10.9 Å². The van der Waals surface area contributed by atoms with E-state index in [1.165, 1.54) is 25.1 Å². The van der Waals surface area contributed by atoms with Gasteiger partial charge in [0.15, 0.2) is 10.8 Å². The molecular formula is C15H12N6O3S. The lowest BCUT2D eigenvalue weighted by Gasteiger charge is -2.06. The Bertz CT molecular complexity index is 1070. The maximum Gasteiger partial charge on any atom is 0.356 e. The van der Waals surface area contributed by atoms with Crippen LogP contribution in [-0.4, -0.2) is 37.6 Å². The maximum absolute atomic E-state index is 12.0. The van der Waals surface area contributed by atoms with Gasteiger partial charge >= 0.3 is 11.7 Å². The largest absolute Gasteiger partial charge is 0.464 e. The van der Waals surface area contributed by atoms with Gasteiger partial charge in [0.05, 0.1) is 13.3 Å². The fourth-order valence-corrected chi connectivity index (χ4v) is 3.02. The van der Waals surface area contributed by atoms with E-state index in [1.807, 2.05) is 13.0 Å². The highest BCUT2D eigenvalue weighted by Crippen LogP contribution is 2.21. The van der Waals surface area contributed by atoms with Gasteiger partial charge in [-0.15, -0.1) is 0 Å². The number of pyridine rings is 1. The van der Waals surface area contributed by atoms with Crippen LogP contribution >= 0.6 is 11.8 Å². The molecule has 0 spiro atoms. The predicted molar refractivity (Wildman–Crippen MR) is 88.2 cm³/mol. The van der Waals surface area contributed by atoms with Gasteiger partial charge in [0.1, 0.15) is 17.3 Å². The van der Waals surface area contributed by atoms with Gasteiger partial charge in [-0.2, -0.15) is 14.9 Å². The lowest BCUT2D eigenvalue weighted by Crippen LogP contribution is -2.19. The van der Waals surface area contributed by atoms with Crippen molar-refractivity contribution in [2.75, 3.05) is 7.11 Å². The van der Waals surface area contributed by atoms with Crippen LogP contribution in [0.25, 0.3) is 5.65 Å². The number of aryl methyl sites for hydroxylation is 1. The minimum Gasteiger partial charge on any atom is -0.464 e. The molecule has 0 atom stereocenters. The van der Waals surface area contributed by atoms with Crippen molar-refractivity contribution in [3.05, 3.63) is 51.3 Å². The van der Waals surface area contributed by atoms with E-state index in [-0.39, 0.29) is 16.9 Å². The van der Waals surface area contributed by atoms with Gasteiger partial charge in [0, 0.05) is 11.9 Å². The average molecular weight is 356 g/mol. The quantitative estimate of drug-likeness (QED) is 0.543. The molecule has 9 nitrogen and oxygen atoms in total. The number of hydrogen-bond acceptors (Lipinski definition) is 8. The standard InChI is InChI=1S/C15H12N6O3S/c1-8-3-11(13(22)24-2)17-5-10(8)7-25-14-19-12-9(4-16)6-18-21(12)15(23)20-14/h3,5-6H,7H2,1-2H3,(H,19,20,23). The highest BCUT2D eigenvalue weighted by molar-refractivity contribution is 7.98. The van der Waals surface area contributed by atoms with Crippen molar-refractivity contribution in [2.24, 2.45) is 0 Å². The first-order valence-electron chi connectivity index (χ1n) is 7.08. The highest BCUT2D eigenvalue weighted by atomic mass is 32.2. The first kappa shape index (κ1) is 16.7. The zero-order valence-corrected chi connectivity index (χ0v) is 14.1. The van der Waals surface area contributed by atoms with E-state index in [2.05, 4.69) is 24.8 Å². The summed E-state index contributed by atoms with van der Waals surface area (Å²) < 4.78 is 5.68. The molecule has 3 heterocycles. The number of ether oxygens (including phenoxy) is 1. The lowest BCUT2D eigenvalue weighted by molar-refractivity contribution is 0.0594. The van der Waals surface area contributed by atoms with E-state index >= 15 is 0 Å². The molecule has 25 heavy (non-hydrogen) atoms. The summed E-state index contributed by atoms with van der Waals surface area (Å²) in [7, 11) is 1.30. The Morgan fingerprint density at radius 3 is 2.96 bits per heavy atom. The summed E-state index contributed by atoms with van der Waals surface area (Å²) in [5.41, 5.74) is 1.96. The molecule has 3 aromatic heterocycles. The Labute approximate surface area is 145 Å². The first-order valence-corrected chi connectivity index (χ1v) is 8.07. The molecule has 3 rings (SSSR count). The van der Waals surface area contributed by atoms with Crippen LogP contribution in [0.1, 0.15) is 27.2 Å². The summed E-state index contributed by atoms with van der Waals surface area (Å²) in [5, 5.41) is 13.2. The van der Waals surface area contributed by atoms with Crippen LogP contribution in [0.3, 0.4) is 0 Å². The van der Waals surface area contributed by atoms with Crippen LogP contribution in [-0.2, 0) is 10.5 Å². The van der Waals surface area contributed by atoms with Crippen molar-refractivity contribution in [2.45, 2.75) is 17.8 Å². The second-order valence-electron chi connectivity index (χ2n) is 5.03. The number of methoxy groups -OCH3 is 1.